The molecule has 0 saturated carbocycles. The van der Waals surface area contributed by atoms with Gasteiger partial charge in [0.2, 0.25) is 0 Å². The van der Waals surface area contributed by atoms with Gasteiger partial charge in [0.1, 0.15) is 0 Å². The number of hydrogen-bond acceptors (Lipinski definition) is 5. The first-order valence-electron chi connectivity index (χ1n) is 8.07. The Morgan fingerprint density at radius 3 is 2.77 bits per heavy atom. The Hall–Kier alpha value is -3.55. The Labute approximate surface area is 148 Å². The maximum absolute atomic E-state index is 13.2. The summed E-state index contributed by atoms with van der Waals surface area (Å²) < 4.78 is 1.77. The molecule has 8 nitrogen and oxygen atoms in total. The summed E-state index contributed by atoms with van der Waals surface area (Å²) in [7, 11) is 0. The first-order chi connectivity index (χ1) is 12.5. The van der Waals surface area contributed by atoms with Crippen molar-refractivity contribution in [1.82, 2.24) is 15.0 Å². The Morgan fingerprint density at radius 1 is 1.19 bits per heavy atom. The van der Waals surface area contributed by atoms with Gasteiger partial charge >= 0.3 is 0 Å². The average molecular weight is 349 g/mol. The summed E-state index contributed by atoms with van der Waals surface area (Å²) in [6, 6.07) is 12.1. The van der Waals surface area contributed by atoms with Crippen molar-refractivity contribution in [1.29, 1.82) is 0 Å². The second-order valence-electron chi connectivity index (χ2n) is 6.16. The molecule has 0 bridgehead atoms. The minimum absolute atomic E-state index is 0.0000860. The van der Waals surface area contributed by atoms with Gasteiger partial charge in [-0.1, -0.05) is 23.4 Å². The lowest BCUT2D eigenvalue weighted by atomic mass is 10.1. The summed E-state index contributed by atoms with van der Waals surface area (Å²) in [6.07, 6.45) is 1.65. The fraction of sp³-hybridized carbons (Fsp3) is 0.167. The third kappa shape index (κ3) is 2.61. The summed E-state index contributed by atoms with van der Waals surface area (Å²) in [5, 5.41) is 19.0. The summed E-state index contributed by atoms with van der Waals surface area (Å²) >= 11 is 0. The van der Waals surface area contributed by atoms with Crippen molar-refractivity contribution in [2.24, 2.45) is 0 Å². The van der Waals surface area contributed by atoms with Crippen molar-refractivity contribution < 1.29 is 9.72 Å². The zero-order chi connectivity index (χ0) is 18.3. The van der Waals surface area contributed by atoms with Crippen LogP contribution in [0.15, 0.2) is 48.7 Å². The Bertz CT molecular complexity index is 1030. The molecule has 8 heteroatoms. The molecule has 130 valence electrons. The molecule has 3 aromatic rings. The van der Waals surface area contributed by atoms with E-state index in [0.717, 1.165) is 16.9 Å². The van der Waals surface area contributed by atoms with Crippen molar-refractivity contribution in [2.75, 3.05) is 4.90 Å². The van der Waals surface area contributed by atoms with Crippen molar-refractivity contribution in [2.45, 2.75) is 20.0 Å². The number of nitro benzene ring substituents is 1. The number of aryl methyl sites for hydroxylation is 1. The second kappa shape index (κ2) is 6.07. The predicted molar refractivity (Wildman–Crippen MR) is 93.9 cm³/mol. The van der Waals surface area contributed by atoms with Gasteiger partial charge in [-0.2, -0.15) is 0 Å². The van der Waals surface area contributed by atoms with E-state index in [1.807, 2.05) is 24.3 Å². The van der Waals surface area contributed by atoms with Crippen LogP contribution in [0.1, 0.15) is 27.2 Å². The smallest absolute Gasteiger partial charge is 0.272 e. The molecule has 2 aromatic carbocycles. The van der Waals surface area contributed by atoms with Crippen LogP contribution in [-0.2, 0) is 13.1 Å². The molecule has 0 aliphatic carbocycles. The number of fused-ring (bicyclic) bond motifs is 2. The first-order valence-corrected chi connectivity index (χ1v) is 8.07. The largest absolute Gasteiger partial charge is 0.302 e. The molecule has 1 aliphatic rings. The van der Waals surface area contributed by atoms with E-state index in [2.05, 4.69) is 10.3 Å². The second-order valence-corrected chi connectivity index (χ2v) is 6.16. The standard InChI is InChI=1S/C18H15N5O3/c1-12-8-13(6-7-16(12)23(25)26)18(24)21-11-15-9-19-20-22(15)10-14-4-2-3-5-17(14)21/h2-9H,10-11H2,1H3. The van der Waals surface area contributed by atoms with E-state index in [1.54, 1.807) is 28.8 Å². The average Bonchev–Trinajstić information content (AvgIpc) is 3.00. The van der Waals surface area contributed by atoms with E-state index in [4.69, 9.17) is 0 Å². The van der Waals surface area contributed by atoms with Crippen LogP contribution in [0, 0.1) is 17.0 Å². The molecule has 0 spiro atoms. The fourth-order valence-corrected chi connectivity index (χ4v) is 3.18. The number of nitrogens with zero attached hydrogens (tertiary/aromatic N) is 5. The number of amides is 1. The summed E-state index contributed by atoms with van der Waals surface area (Å²) in [4.78, 5) is 25.4. The molecule has 1 aromatic heterocycles. The van der Waals surface area contributed by atoms with Crippen LogP contribution in [-0.4, -0.2) is 25.8 Å². The number of carbonyl (C=O) groups excluding carboxylic acids is 1. The van der Waals surface area contributed by atoms with Gasteiger partial charge in [-0.05, 0) is 30.7 Å². The predicted octanol–water partition coefficient (Wildman–Crippen LogP) is 2.70. The van der Waals surface area contributed by atoms with Gasteiger partial charge in [0, 0.05) is 22.9 Å². The molecule has 0 saturated heterocycles. The molecule has 4 rings (SSSR count). The zero-order valence-electron chi connectivity index (χ0n) is 14.0. The van der Waals surface area contributed by atoms with E-state index >= 15 is 0 Å². The highest BCUT2D eigenvalue weighted by Crippen LogP contribution is 2.29. The molecule has 0 unspecified atom stereocenters. The summed E-state index contributed by atoms with van der Waals surface area (Å²) in [6.45, 7) is 2.50. The minimum atomic E-state index is -0.449. The third-order valence-electron chi connectivity index (χ3n) is 4.51. The van der Waals surface area contributed by atoms with Crippen molar-refractivity contribution in [3.8, 4) is 0 Å². The highest BCUT2D eigenvalue weighted by Gasteiger charge is 2.26. The third-order valence-corrected chi connectivity index (χ3v) is 4.51. The van der Waals surface area contributed by atoms with Gasteiger partial charge in [0.05, 0.1) is 29.9 Å². The van der Waals surface area contributed by atoms with Gasteiger partial charge in [0.25, 0.3) is 11.6 Å². The van der Waals surface area contributed by atoms with Gasteiger partial charge in [0.15, 0.2) is 0 Å². The molecule has 1 aliphatic heterocycles. The number of rotatable bonds is 2. The summed E-state index contributed by atoms with van der Waals surface area (Å²) in [5.41, 5.74) is 3.45. The number of para-hydroxylation sites is 1. The highest BCUT2D eigenvalue weighted by atomic mass is 16.6. The highest BCUT2D eigenvalue weighted by molar-refractivity contribution is 6.06. The fourth-order valence-electron chi connectivity index (χ4n) is 3.18. The van der Waals surface area contributed by atoms with Gasteiger partial charge in [-0.3, -0.25) is 14.9 Å². The number of anilines is 1. The van der Waals surface area contributed by atoms with Crippen LogP contribution in [0.4, 0.5) is 11.4 Å². The van der Waals surface area contributed by atoms with E-state index in [9.17, 15) is 14.9 Å². The molecule has 0 radical (unpaired) electrons. The molecule has 0 atom stereocenters. The molecule has 0 fully saturated rings. The molecule has 26 heavy (non-hydrogen) atoms. The zero-order valence-corrected chi connectivity index (χ0v) is 14.0. The lowest BCUT2D eigenvalue weighted by Crippen LogP contribution is -2.30. The van der Waals surface area contributed by atoms with Crippen LogP contribution < -0.4 is 4.90 Å². The maximum atomic E-state index is 13.2. The molecular weight excluding hydrogens is 334 g/mol. The number of carbonyl (C=O) groups is 1. The van der Waals surface area contributed by atoms with Crippen molar-refractivity contribution in [3.63, 3.8) is 0 Å². The quantitative estimate of drug-likeness (QED) is 0.524. The van der Waals surface area contributed by atoms with Crippen molar-refractivity contribution in [3.05, 3.63) is 81.2 Å². The van der Waals surface area contributed by atoms with Gasteiger partial charge < -0.3 is 4.90 Å². The maximum Gasteiger partial charge on any atom is 0.272 e. The van der Waals surface area contributed by atoms with E-state index in [0.29, 0.717) is 24.2 Å². The Kier molecular flexibility index (Phi) is 3.72. The summed E-state index contributed by atoms with van der Waals surface area (Å²) in [5.74, 6) is -0.218. The number of hydrogen-bond donors (Lipinski definition) is 0. The van der Waals surface area contributed by atoms with Crippen LogP contribution >= 0.6 is 0 Å². The SMILES string of the molecule is Cc1cc(C(=O)N2Cc3cnnn3Cc3ccccc32)ccc1[N+](=O)[O-]. The Morgan fingerprint density at radius 2 is 2.00 bits per heavy atom. The van der Waals surface area contributed by atoms with Gasteiger partial charge in [-0.25, -0.2) is 4.68 Å². The number of benzene rings is 2. The number of aromatic nitrogens is 3. The van der Waals surface area contributed by atoms with Crippen LogP contribution in [0.2, 0.25) is 0 Å². The van der Waals surface area contributed by atoms with Crippen molar-refractivity contribution >= 4 is 17.3 Å². The van der Waals surface area contributed by atoms with E-state index in [1.165, 1.54) is 12.1 Å². The van der Waals surface area contributed by atoms with Crippen LogP contribution in [0.3, 0.4) is 0 Å². The van der Waals surface area contributed by atoms with Gasteiger partial charge in [-0.15, -0.1) is 5.10 Å². The number of nitro groups is 1. The first kappa shape index (κ1) is 15.9. The lowest BCUT2D eigenvalue weighted by molar-refractivity contribution is -0.385. The Balaban J connectivity index is 1.78. The van der Waals surface area contributed by atoms with E-state index < -0.39 is 4.92 Å². The molecular formula is C18H15N5O3. The lowest BCUT2D eigenvalue weighted by Gasteiger charge is -2.22. The van der Waals surface area contributed by atoms with Crippen LogP contribution in [0.25, 0.3) is 0 Å². The van der Waals surface area contributed by atoms with E-state index in [-0.39, 0.29) is 11.6 Å². The molecule has 1 amide bonds. The minimum Gasteiger partial charge on any atom is -0.302 e. The van der Waals surface area contributed by atoms with Crippen LogP contribution in [0.5, 0.6) is 0 Å². The normalized spacial score (nSPS) is 12.9. The topological polar surface area (TPSA) is 94.2 Å². The molecule has 0 N–H and O–H groups in total. The molecule has 2 heterocycles. The monoisotopic (exact) mass is 349 g/mol.